The molecule has 0 aliphatic carbocycles. The molecule has 1 aliphatic rings. The average molecular weight is 311 g/mol. The van der Waals surface area contributed by atoms with Crippen LogP contribution in [0.25, 0.3) is 0 Å². The lowest BCUT2D eigenvalue weighted by atomic mass is 10.0. The maximum atomic E-state index is 11.7. The Bertz CT molecular complexity index is 455. The summed E-state index contributed by atoms with van der Waals surface area (Å²) in [4.78, 5) is 11.7. The maximum Gasteiger partial charge on any atom is 0.160 e. The number of Topliss-reactive ketones (excluding diaryl/α,β-unsaturated/α-hetero) is 1. The van der Waals surface area contributed by atoms with Crippen molar-refractivity contribution in [2.45, 2.75) is 20.3 Å². The number of carbonyl (C=O) groups excluding carboxylic acids is 1. The lowest BCUT2D eigenvalue weighted by molar-refractivity contribution is 0.101. The van der Waals surface area contributed by atoms with Crippen molar-refractivity contribution in [1.29, 1.82) is 0 Å². The first kappa shape index (κ1) is 13.6. The van der Waals surface area contributed by atoms with Gasteiger partial charge in [-0.25, -0.2) is 0 Å². The number of benzene rings is 1. The van der Waals surface area contributed by atoms with Crippen LogP contribution in [0.3, 0.4) is 0 Å². The zero-order chi connectivity index (χ0) is 13.1. The van der Waals surface area contributed by atoms with Gasteiger partial charge in [0.2, 0.25) is 0 Å². The van der Waals surface area contributed by atoms with Crippen LogP contribution in [0.15, 0.2) is 16.6 Å². The molecule has 0 amide bonds. The quantitative estimate of drug-likeness (QED) is 0.822. The van der Waals surface area contributed by atoms with E-state index in [1.807, 2.05) is 6.07 Å². The molecule has 0 atom stereocenters. The summed E-state index contributed by atoms with van der Waals surface area (Å²) >= 11 is 3.56. The van der Waals surface area contributed by atoms with E-state index in [0.29, 0.717) is 5.92 Å². The summed E-state index contributed by atoms with van der Waals surface area (Å²) in [6, 6.07) is 4.04. The highest BCUT2D eigenvalue weighted by Crippen LogP contribution is 2.27. The van der Waals surface area contributed by atoms with E-state index in [1.165, 1.54) is 0 Å². The number of rotatable bonds is 5. The Hall–Kier alpha value is -0.870. The molecule has 1 aromatic carbocycles. The second-order valence-corrected chi connectivity index (χ2v) is 5.65. The number of nitrogens with one attached hydrogen (secondary N) is 2. The van der Waals surface area contributed by atoms with Crippen molar-refractivity contribution < 1.29 is 4.79 Å². The van der Waals surface area contributed by atoms with Crippen molar-refractivity contribution >= 4 is 27.4 Å². The molecule has 0 radical (unpaired) electrons. The van der Waals surface area contributed by atoms with Crippen LogP contribution in [-0.2, 0) is 6.42 Å². The lowest BCUT2D eigenvalue weighted by Crippen LogP contribution is -2.45. The first-order chi connectivity index (χ1) is 8.61. The minimum absolute atomic E-state index is 0.126. The molecule has 2 N–H and O–H groups in total. The molecular weight excluding hydrogens is 292 g/mol. The number of hydrogen-bond donors (Lipinski definition) is 2. The van der Waals surface area contributed by atoms with Gasteiger partial charge in [0.05, 0.1) is 0 Å². The third kappa shape index (κ3) is 2.93. The molecule has 1 aliphatic heterocycles. The van der Waals surface area contributed by atoms with Crippen LogP contribution in [0, 0.1) is 5.92 Å². The highest BCUT2D eigenvalue weighted by Gasteiger charge is 2.17. The van der Waals surface area contributed by atoms with E-state index in [0.717, 1.165) is 47.3 Å². The zero-order valence-corrected chi connectivity index (χ0v) is 12.4. The van der Waals surface area contributed by atoms with Crippen LogP contribution in [0.1, 0.15) is 29.8 Å². The molecule has 2 rings (SSSR count). The zero-order valence-electron chi connectivity index (χ0n) is 10.8. The van der Waals surface area contributed by atoms with Gasteiger partial charge < -0.3 is 10.6 Å². The molecule has 1 heterocycles. The molecule has 0 unspecified atom stereocenters. The van der Waals surface area contributed by atoms with Crippen molar-refractivity contribution in [1.82, 2.24) is 5.32 Å². The topological polar surface area (TPSA) is 41.1 Å². The maximum absolute atomic E-state index is 11.7. The van der Waals surface area contributed by atoms with Crippen LogP contribution in [0.2, 0.25) is 0 Å². The third-order valence-electron chi connectivity index (χ3n) is 3.39. The van der Waals surface area contributed by atoms with Gasteiger partial charge in [-0.2, -0.15) is 0 Å². The van der Waals surface area contributed by atoms with E-state index in [2.05, 4.69) is 39.6 Å². The molecule has 1 fully saturated rings. The van der Waals surface area contributed by atoms with Crippen LogP contribution < -0.4 is 10.6 Å². The van der Waals surface area contributed by atoms with Crippen LogP contribution in [0.4, 0.5) is 5.69 Å². The normalized spacial score (nSPS) is 15.3. The van der Waals surface area contributed by atoms with E-state index >= 15 is 0 Å². The van der Waals surface area contributed by atoms with Crippen molar-refractivity contribution in [2.75, 3.05) is 25.0 Å². The highest BCUT2D eigenvalue weighted by molar-refractivity contribution is 9.10. The first-order valence-electron chi connectivity index (χ1n) is 6.39. The van der Waals surface area contributed by atoms with Crippen LogP contribution in [0.5, 0.6) is 0 Å². The molecule has 18 heavy (non-hydrogen) atoms. The Balaban J connectivity index is 2.17. The van der Waals surface area contributed by atoms with Gasteiger partial charge in [-0.05, 0) is 31.0 Å². The molecule has 0 saturated carbocycles. The number of hydrogen-bond acceptors (Lipinski definition) is 3. The number of ketones is 1. The van der Waals surface area contributed by atoms with Gasteiger partial charge >= 0.3 is 0 Å². The predicted octanol–water partition coefficient (Wildman–Crippen LogP) is 2.85. The monoisotopic (exact) mass is 310 g/mol. The summed E-state index contributed by atoms with van der Waals surface area (Å²) in [7, 11) is 0. The minimum Gasteiger partial charge on any atom is -0.385 e. The molecule has 0 spiro atoms. The van der Waals surface area contributed by atoms with E-state index < -0.39 is 0 Å². The fraction of sp³-hybridized carbons (Fsp3) is 0.500. The molecule has 3 nitrogen and oxygen atoms in total. The van der Waals surface area contributed by atoms with Gasteiger partial charge in [0, 0.05) is 41.3 Å². The van der Waals surface area contributed by atoms with Crippen molar-refractivity contribution in [2.24, 2.45) is 5.92 Å². The molecule has 0 bridgehead atoms. The molecular formula is C14H19BrN2O. The SMILES string of the molecule is CCc1c(Br)cc(NCC2CNC2)cc1C(C)=O. The van der Waals surface area contributed by atoms with Gasteiger partial charge in [-0.1, -0.05) is 22.9 Å². The summed E-state index contributed by atoms with van der Waals surface area (Å²) in [5.74, 6) is 0.830. The fourth-order valence-electron chi connectivity index (χ4n) is 2.17. The lowest BCUT2D eigenvalue weighted by Gasteiger charge is -2.27. The van der Waals surface area contributed by atoms with Gasteiger partial charge in [-0.15, -0.1) is 0 Å². The second-order valence-electron chi connectivity index (χ2n) is 4.80. The summed E-state index contributed by atoms with van der Waals surface area (Å²) in [6.07, 6.45) is 0.863. The minimum atomic E-state index is 0.126. The standard InChI is InChI=1S/C14H19BrN2O/c1-3-12-13(9(2)18)4-11(5-14(12)15)17-8-10-6-16-7-10/h4-5,10,16-17H,3,6-8H2,1-2H3. The second kappa shape index (κ2) is 5.85. The van der Waals surface area contributed by atoms with E-state index in [1.54, 1.807) is 6.92 Å². The van der Waals surface area contributed by atoms with Gasteiger partial charge in [0.25, 0.3) is 0 Å². The Labute approximate surface area is 116 Å². The summed E-state index contributed by atoms with van der Waals surface area (Å²) < 4.78 is 1.02. The summed E-state index contributed by atoms with van der Waals surface area (Å²) in [5.41, 5.74) is 2.94. The Morgan fingerprint density at radius 1 is 1.50 bits per heavy atom. The smallest absolute Gasteiger partial charge is 0.160 e. The van der Waals surface area contributed by atoms with Gasteiger partial charge in [-0.3, -0.25) is 4.79 Å². The molecule has 98 valence electrons. The molecule has 1 aromatic rings. The molecule has 1 saturated heterocycles. The average Bonchev–Trinajstić information content (AvgIpc) is 2.26. The Morgan fingerprint density at radius 2 is 2.22 bits per heavy atom. The van der Waals surface area contributed by atoms with E-state index in [4.69, 9.17) is 0 Å². The molecule has 4 heteroatoms. The van der Waals surface area contributed by atoms with Crippen molar-refractivity contribution in [3.8, 4) is 0 Å². The fourth-order valence-corrected chi connectivity index (χ4v) is 2.91. The predicted molar refractivity (Wildman–Crippen MR) is 78.4 cm³/mol. The van der Waals surface area contributed by atoms with Crippen molar-refractivity contribution in [3.05, 3.63) is 27.7 Å². The summed E-state index contributed by atoms with van der Waals surface area (Å²) in [5, 5.41) is 6.67. The van der Waals surface area contributed by atoms with Crippen LogP contribution >= 0.6 is 15.9 Å². The number of halogens is 1. The van der Waals surface area contributed by atoms with Crippen molar-refractivity contribution in [3.63, 3.8) is 0 Å². The molecule has 0 aromatic heterocycles. The number of anilines is 1. The van der Waals surface area contributed by atoms with Gasteiger partial charge in [0.1, 0.15) is 0 Å². The van der Waals surface area contributed by atoms with E-state index in [-0.39, 0.29) is 5.78 Å². The van der Waals surface area contributed by atoms with Crippen LogP contribution in [-0.4, -0.2) is 25.4 Å². The summed E-state index contributed by atoms with van der Waals surface area (Å²) in [6.45, 7) is 6.82. The Kier molecular flexibility index (Phi) is 4.40. The third-order valence-corrected chi connectivity index (χ3v) is 4.10. The van der Waals surface area contributed by atoms with E-state index in [9.17, 15) is 4.79 Å². The number of carbonyl (C=O) groups is 1. The highest BCUT2D eigenvalue weighted by atomic mass is 79.9. The Morgan fingerprint density at radius 3 is 2.72 bits per heavy atom. The largest absolute Gasteiger partial charge is 0.385 e. The first-order valence-corrected chi connectivity index (χ1v) is 7.19. The van der Waals surface area contributed by atoms with Gasteiger partial charge in [0.15, 0.2) is 5.78 Å².